The van der Waals surface area contributed by atoms with Gasteiger partial charge < -0.3 is 5.32 Å². The van der Waals surface area contributed by atoms with Crippen LogP contribution in [0, 0.1) is 17.3 Å². The highest BCUT2D eigenvalue weighted by Crippen LogP contribution is 2.64. The summed E-state index contributed by atoms with van der Waals surface area (Å²) in [5.41, 5.74) is 0.190. The number of anilines is 1. The van der Waals surface area contributed by atoms with Crippen molar-refractivity contribution in [2.45, 2.75) is 44.1 Å². The molecule has 142 valence electrons. The highest BCUT2D eigenvalue weighted by Gasteiger charge is 2.61. The van der Waals surface area contributed by atoms with Gasteiger partial charge in [0, 0.05) is 15.7 Å². The summed E-state index contributed by atoms with van der Waals surface area (Å²) >= 11 is 15.6. The first kappa shape index (κ1) is 18.0. The predicted octanol–water partition coefficient (Wildman–Crippen LogP) is 5.28. The molecule has 0 aliphatic heterocycles. The van der Waals surface area contributed by atoms with Gasteiger partial charge in [0.1, 0.15) is 6.33 Å². The van der Waals surface area contributed by atoms with Gasteiger partial charge in [-0.2, -0.15) is 0 Å². The van der Waals surface area contributed by atoms with Crippen molar-refractivity contribution >= 4 is 50.7 Å². The molecule has 4 fully saturated rings. The zero-order chi connectivity index (χ0) is 18.8. The lowest BCUT2D eigenvalue weighted by Crippen LogP contribution is -2.60. The molecule has 8 heteroatoms. The van der Waals surface area contributed by atoms with Gasteiger partial charge in [-0.25, -0.2) is 9.67 Å². The van der Waals surface area contributed by atoms with E-state index < -0.39 is 0 Å². The fraction of sp³-hybridized carbons (Fsp3) is 0.526. The number of hydrogen-bond donors (Lipinski definition) is 1. The van der Waals surface area contributed by atoms with Crippen molar-refractivity contribution in [2.24, 2.45) is 17.3 Å². The number of amides is 1. The monoisotopic (exact) mass is 468 g/mol. The van der Waals surface area contributed by atoms with Crippen LogP contribution >= 0.6 is 39.1 Å². The third-order valence-corrected chi connectivity index (χ3v) is 7.38. The Morgan fingerprint density at radius 2 is 1.81 bits per heavy atom. The van der Waals surface area contributed by atoms with Crippen LogP contribution in [0.25, 0.3) is 0 Å². The summed E-state index contributed by atoms with van der Waals surface area (Å²) in [5, 5.41) is 8.69. The van der Waals surface area contributed by atoms with Crippen molar-refractivity contribution in [3.8, 4) is 0 Å². The van der Waals surface area contributed by atoms with E-state index in [1.54, 1.807) is 24.5 Å². The second-order valence-corrected chi connectivity index (χ2v) is 10.1. The molecule has 1 aromatic heterocycles. The molecule has 0 unspecified atom stereocenters. The Balaban J connectivity index is 1.47. The van der Waals surface area contributed by atoms with E-state index in [-0.39, 0.29) is 16.9 Å². The number of aromatic nitrogens is 3. The summed E-state index contributed by atoms with van der Waals surface area (Å²) < 4.78 is 2.61. The van der Waals surface area contributed by atoms with E-state index in [4.69, 9.17) is 23.2 Å². The molecular weight excluding hydrogens is 451 g/mol. The van der Waals surface area contributed by atoms with Crippen molar-refractivity contribution in [1.29, 1.82) is 0 Å². The van der Waals surface area contributed by atoms with Gasteiger partial charge in [-0.3, -0.25) is 4.79 Å². The van der Waals surface area contributed by atoms with Crippen LogP contribution in [0.5, 0.6) is 0 Å². The first-order valence-electron chi connectivity index (χ1n) is 9.21. The Bertz CT molecular complexity index is 896. The summed E-state index contributed by atoms with van der Waals surface area (Å²) in [4.78, 5) is 17.7. The number of rotatable bonds is 3. The maximum Gasteiger partial charge on any atom is 0.230 e. The van der Waals surface area contributed by atoms with Gasteiger partial charge in [0.2, 0.25) is 10.6 Å². The predicted molar refractivity (Wildman–Crippen MR) is 108 cm³/mol. The lowest BCUT2D eigenvalue weighted by Gasteiger charge is -2.60. The van der Waals surface area contributed by atoms with E-state index in [1.807, 2.05) is 4.68 Å². The summed E-state index contributed by atoms with van der Waals surface area (Å²) in [6.45, 7) is 0. The van der Waals surface area contributed by atoms with Crippen molar-refractivity contribution < 1.29 is 4.79 Å². The molecule has 1 heterocycles. The molecule has 1 amide bonds. The minimum absolute atomic E-state index is 0.0819. The minimum atomic E-state index is -0.364. The Labute approximate surface area is 175 Å². The van der Waals surface area contributed by atoms with Crippen molar-refractivity contribution in [3.05, 3.63) is 39.3 Å². The van der Waals surface area contributed by atoms with Crippen LogP contribution in [0.2, 0.25) is 10.0 Å². The number of carbonyl (C=O) groups excluding carboxylic acids is 1. The molecule has 5 nitrogen and oxygen atoms in total. The second-order valence-electron chi connectivity index (χ2n) is 8.54. The number of halogens is 3. The zero-order valence-electron chi connectivity index (χ0n) is 14.6. The standard InChI is InChI=1S/C19H19BrCl2N4O/c20-17-23-10-26(25-17)19-7-11-1-12(8-19)6-18(5-11,9-19)16(27)24-15-3-13(21)2-14(22)4-15/h2-4,10-12H,1,5-9H2,(H,24,27)/t11-,12-,18?,19?/m0/s1. The molecule has 0 radical (unpaired) electrons. The second kappa shape index (κ2) is 6.19. The normalized spacial score (nSPS) is 34.0. The van der Waals surface area contributed by atoms with Crippen LogP contribution in [0.15, 0.2) is 29.3 Å². The van der Waals surface area contributed by atoms with Gasteiger partial charge in [-0.05, 0) is 84.5 Å². The zero-order valence-corrected chi connectivity index (χ0v) is 17.7. The molecule has 1 N–H and O–H groups in total. The maximum absolute atomic E-state index is 13.4. The van der Waals surface area contributed by atoms with Gasteiger partial charge in [0.25, 0.3) is 0 Å². The highest BCUT2D eigenvalue weighted by atomic mass is 79.9. The highest BCUT2D eigenvalue weighted by molar-refractivity contribution is 9.10. The average molecular weight is 470 g/mol. The Hall–Kier alpha value is -1.11. The summed E-state index contributed by atoms with van der Waals surface area (Å²) in [7, 11) is 0. The molecule has 6 rings (SSSR count). The van der Waals surface area contributed by atoms with Gasteiger partial charge in [-0.1, -0.05) is 23.2 Å². The maximum atomic E-state index is 13.4. The van der Waals surface area contributed by atoms with Gasteiger partial charge in [0.15, 0.2) is 0 Å². The quantitative estimate of drug-likeness (QED) is 0.664. The average Bonchev–Trinajstić information content (AvgIpc) is 3.00. The molecule has 2 aromatic rings. The molecular formula is C19H19BrCl2N4O. The molecule has 1 aromatic carbocycles. The molecule has 4 aliphatic carbocycles. The van der Waals surface area contributed by atoms with Crippen molar-refractivity contribution in [3.63, 3.8) is 0 Å². The number of benzene rings is 1. The summed E-state index contributed by atoms with van der Waals surface area (Å²) in [6.07, 6.45) is 7.88. The van der Waals surface area contributed by atoms with Crippen LogP contribution in [-0.2, 0) is 10.3 Å². The molecule has 27 heavy (non-hydrogen) atoms. The van der Waals surface area contributed by atoms with Gasteiger partial charge in [-0.15, -0.1) is 5.10 Å². The third kappa shape index (κ3) is 3.00. The third-order valence-electron chi connectivity index (χ3n) is 6.58. The number of nitrogens with one attached hydrogen (secondary N) is 1. The van der Waals surface area contributed by atoms with Gasteiger partial charge in [0.05, 0.1) is 11.0 Å². The topological polar surface area (TPSA) is 59.8 Å². The van der Waals surface area contributed by atoms with E-state index in [2.05, 4.69) is 31.3 Å². The number of hydrogen-bond acceptors (Lipinski definition) is 3. The first-order valence-corrected chi connectivity index (χ1v) is 10.8. The van der Waals surface area contributed by atoms with Gasteiger partial charge >= 0.3 is 0 Å². The molecule has 0 saturated heterocycles. The fourth-order valence-corrected chi connectivity index (χ4v) is 6.90. The molecule has 0 spiro atoms. The van der Waals surface area contributed by atoms with E-state index in [9.17, 15) is 4.79 Å². The number of carbonyl (C=O) groups is 1. The molecule has 2 atom stereocenters. The van der Waals surface area contributed by atoms with Crippen LogP contribution in [0.1, 0.15) is 38.5 Å². The molecule has 4 bridgehead atoms. The lowest BCUT2D eigenvalue weighted by molar-refractivity contribution is -0.150. The minimum Gasteiger partial charge on any atom is -0.326 e. The Morgan fingerprint density at radius 3 is 2.41 bits per heavy atom. The van der Waals surface area contributed by atoms with Crippen LogP contribution in [0.4, 0.5) is 5.69 Å². The summed E-state index contributed by atoms with van der Waals surface area (Å²) in [5.74, 6) is 1.20. The van der Waals surface area contributed by atoms with E-state index in [1.165, 1.54) is 6.42 Å². The van der Waals surface area contributed by atoms with Crippen molar-refractivity contribution in [1.82, 2.24) is 14.8 Å². The van der Waals surface area contributed by atoms with E-state index in [0.717, 1.165) is 32.1 Å². The van der Waals surface area contributed by atoms with E-state index >= 15 is 0 Å². The van der Waals surface area contributed by atoms with Crippen LogP contribution < -0.4 is 5.32 Å². The fourth-order valence-electron chi connectivity index (χ4n) is 6.11. The Morgan fingerprint density at radius 1 is 1.15 bits per heavy atom. The first-order chi connectivity index (χ1) is 12.9. The van der Waals surface area contributed by atoms with Crippen LogP contribution in [0.3, 0.4) is 0 Å². The molecule has 4 aliphatic rings. The Kier molecular flexibility index (Phi) is 4.12. The van der Waals surface area contributed by atoms with E-state index in [0.29, 0.717) is 32.3 Å². The largest absolute Gasteiger partial charge is 0.326 e. The SMILES string of the molecule is O=C(Nc1cc(Cl)cc(Cl)c1)C12C[C@@H]3C[C@@H](C1)CC(n1cnc(Br)n1)(C3)C2. The lowest BCUT2D eigenvalue weighted by atomic mass is 9.46. The smallest absolute Gasteiger partial charge is 0.230 e. The number of nitrogens with zero attached hydrogens (tertiary/aromatic N) is 3. The summed E-state index contributed by atoms with van der Waals surface area (Å²) in [6, 6.07) is 5.16. The van der Waals surface area contributed by atoms with Crippen molar-refractivity contribution in [2.75, 3.05) is 5.32 Å². The molecule has 4 saturated carbocycles. The van der Waals surface area contributed by atoms with Crippen LogP contribution in [-0.4, -0.2) is 20.7 Å².